The van der Waals surface area contributed by atoms with Gasteiger partial charge in [0.2, 0.25) is 11.8 Å². The number of hydrogen-bond donors (Lipinski definition) is 1. The molecule has 1 saturated heterocycles. The highest BCUT2D eigenvalue weighted by atomic mass is 35.5. The maximum absolute atomic E-state index is 12.3. The van der Waals surface area contributed by atoms with Crippen molar-refractivity contribution in [2.24, 2.45) is 5.92 Å². The molecule has 1 aliphatic rings. The fourth-order valence-electron chi connectivity index (χ4n) is 2.47. The number of carbonyl (C=O) groups excluding carboxylic acids is 2. The number of halogens is 1. The zero-order chi connectivity index (χ0) is 17.0. The first-order valence-corrected chi connectivity index (χ1v) is 7.80. The standard InChI is InChI=1S/C16H19ClN2O4/c1-11(16(22)23)15(21)19-8-6-18(7-9-19)14(20)10-12-4-2-3-5-13(12)17/h2-5,11H,6-10H2,1H3,(H,22,23). The third-order valence-corrected chi connectivity index (χ3v) is 4.35. The number of rotatable bonds is 4. The molecule has 2 rings (SSSR count). The molecule has 0 spiro atoms. The number of carbonyl (C=O) groups is 3. The number of carboxylic acids is 1. The van der Waals surface area contributed by atoms with E-state index in [1.165, 1.54) is 11.8 Å². The summed E-state index contributed by atoms with van der Waals surface area (Å²) in [6.07, 6.45) is 0.221. The van der Waals surface area contributed by atoms with Gasteiger partial charge in [0.25, 0.3) is 0 Å². The van der Waals surface area contributed by atoms with Crippen LogP contribution in [-0.4, -0.2) is 58.9 Å². The molecular weight excluding hydrogens is 320 g/mol. The van der Waals surface area contributed by atoms with E-state index in [4.69, 9.17) is 16.7 Å². The normalized spacial score (nSPS) is 16.1. The molecule has 1 unspecified atom stereocenters. The van der Waals surface area contributed by atoms with Crippen molar-refractivity contribution in [1.82, 2.24) is 9.80 Å². The van der Waals surface area contributed by atoms with Gasteiger partial charge in [0.05, 0.1) is 6.42 Å². The lowest BCUT2D eigenvalue weighted by Crippen LogP contribution is -2.52. The van der Waals surface area contributed by atoms with Gasteiger partial charge in [-0.25, -0.2) is 0 Å². The highest BCUT2D eigenvalue weighted by Crippen LogP contribution is 2.17. The summed E-state index contributed by atoms with van der Waals surface area (Å²) in [5.74, 6) is -2.64. The predicted molar refractivity (Wildman–Crippen MR) is 85.1 cm³/mol. The predicted octanol–water partition coefficient (Wildman–Crippen LogP) is 1.27. The number of aliphatic carboxylic acids is 1. The first kappa shape index (κ1) is 17.3. The Balaban J connectivity index is 1.89. The molecule has 1 heterocycles. The fourth-order valence-corrected chi connectivity index (χ4v) is 2.67. The van der Waals surface area contributed by atoms with Crippen LogP contribution < -0.4 is 0 Å². The van der Waals surface area contributed by atoms with Gasteiger partial charge in [0.15, 0.2) is 0 Å². The molecule has 0 saturated carbocycles. The molecule has 0 aliphatic carbocycles. The molecule has 1 atom stereocenters. The average Bonchev–Trinajstić information content (AvgIpc) is 2.55. The van der Waals surface area contributed by atoms with Crippen LogP contribution in [0.15, 0.2) is 24.3 Å². The highest BCUT2D eigenvalue weighted by Gasteiger charge is 2.30. The van der Waals surface area contributed by atoms with E-state index in [1.807, 2.05) is 18.2 Å². The minimum atomic E-state index is -1.13. The monoisotopic (exact) mass is 338 g/mol. The van der Waals surface area contributed by atoms with Gasteiger partial charge < -0.3 is 14.9 Å². The Hall–Kier alpha value is -2.08. The van der Waals surface area contributed by atoms with Gasteiger partial charge >= 0.3 is 5.97 Å². The van der Waals surface area contributed by atoms with E-state index in [1.54, 1.807) is 11.0 Å². The van der Waals surface area contributed by atoms with Crippen LogP contribution in [0.5, 0.6) is 0 Å². The van der Waals surface area contributed by atoms with E-state index in [0.717, 1.165) is 5.56 Å². The van der Waals surface area contributed by atoms with Crippen LogP contribution in [0.4, 0.5) is 0 Å². The summed E-state index contributed by atoms with van der Waals surface area (Å²) in [6, 6.07) is 7.20. The van der Waals surface area contributed by atoms with Crippen molar-refractivity contribution in [2.75, 3.05) is 26.2 Å². The smallest absolute Gasteiger partial charge is 0.315 e. The lowest BCUT2D eigenvalue weighted by molar-refractivity contribution is -0.152. The van der Waals surface area contributed by atoms with Crippen molar-refractivity contribution in [3.8, 4) is 0 Å². The first-order valence-electron chi connectivity index (χ1n) is 7.43. The quantitative estimate of drug-likeness (QED) is 0.839. The molecular formula is C16H19ClN2O4. The van der Waals surface area contributed by atoms with E-state index in [-0.39, 0.29) is 12.3 Å². The molecule has 1 aliphatic heterocycles. The summed E-state index contributed by atoms with van der Waals surface area (Å²) in [5.41, 5.74) is 0.775. The number of carboxylic acid groups (broad SMARTS) is 1. The van der Waals surface area contributed by atoms with E-state index in [9.17, 15) is 14.4 Å². The summed E-state index contributed by atoms with van der Waals surface area (Å²) in [4.78, 5) is 38.3. The maximum Gasteiger partial charge on any atom is 0.315 e. The molecule has 1 N–H and O–H groups in total. The molecule has 7 heteroatoms. The van der Waals surface area contributed by atoms with Crippen LogP contribution in [0.25, 0.3) is 0 Å². The fraction of sp³-hybridized carbons (Fsp3) is 0.438. The number of piperazine rings is 1. The minimum Gasteiger partial charge on any atom is -0.481 e. The Bertz CT molecular complexity index is 612. The van der Waals surface area contributed by atoms with Crippen molar-refractivity contribution in [3.05, 3.63) is 34.9 Å². The van der Waals surface area contributed by atoms with Crippen LogP contribution in [0.2, 0.25) is 5.02 Å². The zero-order valence-electron chi connectivity index (χ0n) is 12.9. The Morgan fingerprint density at radius 1 is 1.13 bits per heavy atom. The van der Waals surface area contributed by atoms with Crippen LogP contribution in [0.1, 0.15) is 12.5 Å². The van der Waals surface area contributed by atoms with Crippen LogP contribution in [0.3, 0.4) is 0 Å². The molecule has 0 radical (unpaired) electrons. The van der Waals surface area contributed by atoms with Gasteiger partial charge in [-0.3, -0.25) is 14.4 Å². The molecule has 1 aromatic carbocycles. The molecule has 124 valence electrons. The van der Waals surface area contributed by atoms with Gasteiger partial charge in [-0.2, -0.15) is 0 Å². The van der Waals surface area contributed by atoms with E-state index < -0.39 is 17.8 Å². The second kappa shape index (κ2) is 7.46. The summed E-state index contributed by atoms with van der Waals surface area (Å²) >= 11 is 6.06. The molecule has 0 bridgehead atoms. The van der Waals surface area contributed by atoms with Gasteiger partial charge in [-0.1, -0.05) is 29.8 Å². The lowest BCUT2D eigenvalue weighted by atomic mass is 10.1. The zero-order valence-corrected chi connectivity index (χ0v) is 13.6. The average molecular weight is 339 g/mol. The Morgan fingerprint density at radius 2 is 1.70 bits per heavy atom. The summed E-state index contributed by atoms with van der Waals surface area (Å²) in [6.45, 7) is 2.89. The molecule has 2 amide bonds. The minimum absolute atomic E-state index is 0.0449. The number of nitrogens with zero attached hydrogens (tertiary/aromatic N) is 2. The number of benzene rings is 1. The SMILES string of the molecule is CC(C(=O)O)C(=O)N1CCN(C(=O)Cc2ccccc2Cl)CC1. The van der Waals surface area contributed by atoms with Crippen LogP contribution in [0, 0.1) is 5.92 Å². The third kappa shape index (κ3) is 4.22. The van der Waals surface area contributed by atoms with Crippen molar-refractivity contribution >= 4 is 29.4 Å². The Kier molecular flexibility index (Phi) is 5.60. The van der Waals surface area contributed by atoms with Crippen LogP contribution >= 0.6 is 11.6 Å². The summed E-state index contributed by atoms with van der Waals surface area (Å²) < 4.78 is 0. The first-order chi connectivity index (χ1) is 10.9. The van der Waals surface area contributed by atoms with Crippen molar-refractivity contribution in [3.63, 3.8) is 0 Å². The van der Waals surface area contributed by atoms with Gasteiger partial charge in [0.1, 0.15) is 5.92 Å². The molecule has 6 nitrogen and oxygen atoms in total. The van der Waals surface area contributed by atoms with Crippen molar-refractivity contribution in [2.45, 2.75) is 13.3 Å². The van der Waals surface area contributed by atoms with Gasteiger partial charge in [-0.05, 0) is 18.6 Å². The van der Waals surface area contributed by atoms with Crippen molar-refractivity contribution < 1.29 is 19.5 Å². The highest BCUT2D eigenvalue weighted by molar-refractivity contribution is 6.31. The molecule has 0 aromatic heterocycles. The molecule has 1 aromatic rings. The lowest BCUT2D eigenvalue weighted by Gasteiger charge is -2.35. The summed E-state index contributed by atoms with van der Waals surface area (Å²) in [7, 11) is 0. The third-order valence-electron chi connectivity index (χ3n) is 3.98. The Morgan fingerprint density at radius 3 is 2.26 bits per heavy atom. The second-order valence-electron chi connectivity index (χ2n) is 5.53. The van der Waals surface area contributed by atoms with Crippen LogP contribution in [-0.2, 0) is 20.8 Å². The van der Waals surface area contributed by atoms with Crippen molar-refractivity contribution in [1.29, 1.82) is 0 Å². The maximum atomic E-state index is 12.3. The number of amides is 2. The van der Waals surface area contributed by atoms with E-state index in [0.29, 0.717) is 31.2 Å². The second-order valence-corrected chi connectivity index (χ2v) is 5.94. The topological polar surface area (TPSA) is 77.9 Å². The molecule has 1 fully saturated rings. The largest absolute Gasteiger partial charge is 0.481 e. The van der Waals surface area contributed by atoms with Gasteiger partial charge in [-0.15, -0.1) is 0 Å². The Labute approximate surface area is 139 Å². The van der Waals surface area contributed by atoms with E-state index in [2.05, 4.69) is 0 Å². The summed E-state index contributed by atoms with van der Waals surface area (Å²) in [5, 5.41) is 9.45. The molecule has 23 heavy (non-hydrogen) atoms. The number of hydrogen-bond acceptors (Lipinski definition) is 3. The van der Waals surface area contributed by atoms with E-state index >= 15 is 0 Å². The van der Waals surface area contributed by atoms with Gasteiger partial charge in [0, 0.05) is 31.2 Å².